The van der Waals surface area contributed by atoms with E-state index >= 15 is 0 Å². The molecule has 0 saturated heterocycles. The predicted molar refractivity (Wildman–Crippen MR) is 65.8 cm³/mol. The molecule has 18 heavy (non-hydrogen) atoms. The molecule has 0 aliphatic heterocycles. The van der Waals surface area contributed by atoms with Gasteiger partial charge >= 0.3 is 5.97 Å². The van der Waals surface area contributed by atoms with Crippen LogP contribution in [0.3, 0.4) is 0 Å². The quantitative estimate of drug-likeness (QED) is 0.899. The van der Waals surface area contributed by atoms with Gasteiger partial charge in [-0.25, -0.2) is 4.39 Å². The first-order chi connectivity index (χ1) is 8.54. The van der Waals surface area contributed by atoms with E-state index in [1.54, 1.807) is 6.92 Å². The van der Waals surface area contributed by atoms with Crippen LogP contribution in [-0.4, -0.2) is 22.7 Å². The number of fused-ring (bicyclic) bond motifs is 1. The molecule has 96 valence electrons. The molecule has 0 unspecified atom stereocenters. The fraction of sp³-hybridized carbons (Fsp3) is 0.250. The van der Waals surface area contributed by atoms with E-state index in [2.05, 4.69) is 4.98 Å². The minimum absolute atomic E-state index is 0.0365. The molecule has 2 aromatic rings. The summed E-state index contributed by atoms with van der Waals surface area (Å²) in [5.74, 6) is -1.56. The molecule has 0 fully saturated rings. The molecule has 0 atom stereocenters. The second-order valence-corrected chi connectivity index (χ2v) is 4.14. The third-order valence-electron chi connectivity index (χ3n) is 2.53. The Morgan fingerprint density at radius 3 is 2.94 bits per heavy atom. The average molecular weight is 272 g/mol. The molecule has 2 N–H and O–H groups in total. The van der Waals surface area contributed by atoms with Crippen molar-refractivity contribution in [3.63, 3.8) is 0 Å². The zero-order chi connectivity index (χ0) is 13.3. The van der Waals surface area contributed by atoms with E-state index in [1.165, 1.54) is 6.20 Å². The SMILES string of the molecule is CCOc1c(F)cc(Cl)c2[nH]cc(CC(=O)O)c12. The minimum atomic E-state index is -1.00. The highest BCUT2D eigenvalue weighted by Gasteiger charge is 2.18. The van der Waals surface area contributed by atoms with Gasteiger partial charge in [-0.1, -0.05) is 11.6 Å². The Labute approximate surface area is 107 Å². The van der Waals surface area contributed by atoms with Crippen LogP contribution in [0.4, 0.5) is 4.39 Å². The number of aliphatic carboxylic acids is 1. The van der Waals surface area contributed by atoms with Gasteiger partial charge in [-0.2, -0.15) is 0 Å². The number of rotatable bonds is 4. The van der Waals surface area contributed by atoms with Crippen LogP contribution in [0.2, 0.25) is 5.02 Å². The van der Waals surface area contributed by atoms with E-state index in [1.807, 2.05) is 0 Å². The van der Waals surface area contributed by atoms with Crippen LogP contribution in [-0.2, 0) is 11.2 Å². The molecule has 0 aliphatic rings. The van der Waals surface area contributed by atoms with Crippen molar-refractivity contribution in [2.45, 2.75) is 13.3 Å². The number of H-pyrrole nitrogens is 1. The van der Waals surface area contributed by atoms with E-state index < -0.39 is 11.8 Å². The third-order valence-corrected chi connectivity index (χ3v) is 2.83. The predicted octanol–water partition coefficient (Wildman–Crippen LogP) is 2.99. The summed E-state index contributed by atoms with van der Waals surface area (Å²) >= 11 is 5.91. The highest BCUT2D eigenvalue weighted by atomic mass is 35.5. The Kier molecular flexibility index (Phi) is 3.43. The van der Waals surface area contributed by atoms with Gasteiger partial charge in [0.15, 0.2) is 11.6 Å². The number of hydrogen-bond donors (Lipinski definition) is 2. The van der Waals surface area contributed by atoms with Gasteiger partial charge in [-0.15, -0.1) is 0 Å². The summed E-state index contributed by atoms with van der Waals surface area (Å²) < 4.78 is 19.0. The van der Waals surface area contributed by atoms with E-state index in [-0.39, 0.29) is 23.8 Å². The van der Waals surface area contributed by atoms with Crippen LogP contribution in [0.5, 0.6) is 5.75 Å². The highest BCUT2D eigenvalue weighted by molar-refractivity contribution is 6.35. The van der Waals surface area contributed by atoms with Crippen LogP contribution >= 0.6 is 11.6 Å². The van der Waals surface area contributed by atoms with Gasteiger partial charge in [0.25, 0.3) is 0 Å². The Morgan fingerprint density at radius 1 is 1.61 bits per heavy atom. The number of halogens is 2. The maximum atomic E-state index is 13.8. The normalized spacial score (nSPS) is 10.8. The van der Waals surface area contributed by atoms with Crippen molar-refractivity contribution >= 4 is 28.5 Å². The lowest BCUT2D eigenvalue weighted by Crippen LogP contribution is -2.01. The number of nitrogens with one attached hydrogen (secondary N) is 1. The monoisotopic (exact) mass is 271 g/mol. The van der Waals surface area contributed by atoms with Crippen molar-refractivity contribution in [2.75, 3.05) is 6.61 Å². The third kappa shape index (κ3) is 2.13. The first-order valence-corrected chi connectivity index (χ1v) is 5.75. The summed E-state index contributed by atoms with van der Waals surface area (Å²) in [5.41, 5.74) is 0.931. The van der Waals surface area contributed by atoms with Gasteiger partial charge in [0.1, 0.15) is 0 Å². The molecule has 1 heterocycles. The molecule has 1 aromatic carbocycles. The Morgan fingerprint density at radius 2 is 2.33 bits per heavy atom. The summed E-state index contributed by atoms with van der Waals surface area (Å²) in [4.78, 5) is 13.6. The van der Waals surface area contributed by atoms with Crippen molar-refractivity contribution in [3.8, 4) is 5.75 Å². The van der Waals surface area contributed by atoms with Crippen LogP contribution < -0.4 is 4.74 Å². The molecule has 2 rings (SSSR count). The van der Waals surface area contributed by atoms with E-state index in [9.17, 15) is 9.18 Å². The summed E-state index contributed by atoms with van der Waals surface area (Å²) in [7, 11) is 0. The van der Waals surface area contributed by atoms with Crippen molar-refractivity contribution in [1.82, 2.24) is 4.98 Å². The number of benzene rings is 1. The zero-order valence-electron chi connectivity index (χ0n) is 9.59. The highest BCUT2D eigenvalue weighted by Crippen LogP contribution is 2.36. The summed E-state index contributed by atoms with van der Waals surface area (Å²) in [6.07, 6.45) is 1.28. The number of carbonyl (C=O) groups is 1. The number of aromatic amines is 1. The van der Waals surface area contributed by atoms with Crippen molar-refractivity contribution in [2.24, 2.45) is 0 Å². The molecule has 0 spiro atoms. The molecule has 6 heteroatoms. The lowest BCUT2D eigenvalue weighted by molar-refractivity contribution is -0.136. The number of carboxylic acids is 1. The maximum absolute atomic E-state index is 13.8. The molecule has 0 saturated carbocycles. The van der Waals surface area contributed by atoms with Gasteiger partial charge in [0.05, 0.1) is 23.6 Å². The molecule has 4 nitrogen and oxygen atoms in total. The summed E-state index contributed by atoms with van der Waals surface area (Å²) in [5, 5.41) is 9.41. The van der Waals surface area contributed by atoms with Crippen LogP contribution in [0.15, 0.2) is 12.3 Å². The van der Waals surface area contributed by atoms with Gasteiger partial charge in [-0.05, 0) is 18.6 Å². The Bertz CT molecular complexity index is 609. The summed E-state index contributed by atoms with van der Waals surface area (Å²) in [6, 6.07) is 1.15. The van der Waals surface area contributed by atoms with Crippen LogP contribution in [0.25, 0.3) is 10.9 Å². The Balaban J connectivity index is 2.70. The fourth-order valence-corrected chi connectivity index (χ4v) is 2.11. The Hall–Kier alpha value is -1.75. The van der Waals surface area contributed by atoms with Crippen LogP contribution in [0.1, 0.15) is 12.5 Å². The molecule has 0 bridgehead atoms. The lowest BCUT2D eigenvalue weighted by Gasteiger charge is -2.08. The van der Waals surface area contributed by atoms with Crippen molar-refractivity contribution in [1.29, 1.82) is 0 Å². The molecule has 1 aromatic heterocycles. The van der Waals surface area contributed by atoms with E-state index in [0.29, 0.717) is 16.5 Å². The second-order valence-electron chi connectivity index (χ2n) is 3.74. The molecule has 0 radical (unpaired) electrons. The van der Waals surface area contributed by atoms with E-state index in [0.717, 1.165) is 6.07 Å². The fourth-order valence-electron chi connectivity index (χ4n) is 1.87. The first kappa shape index (κ1) is 12.7. The topological polar surface area (TPSA) is 62.3 Å². The number of hydrogen-bond acceptors (Lipinski definition) is 2. The number of aromatic nitrogens is 1. The summed E-state index contributed by atoms with van der Waals surface area (Å²) in [6.45, 7) is 2.01. The zero-order valence-corrected chi connectivity index (χ0v) is 10.3. The number of ether oxygens (including phenoxy) is 1. The molecular weight excluding hydrogens is 261 g/mol. The smallest absolute Gasteiger partial charge is 0.307 e. The second kappa shape index (κ2) is 4.86. The van der Waals surface area contributed by atoms with E-state index in [4.69, 9.17) is 21.4 Å². The first-order valence-electron chi connectivity index (χ1n) is 5.37. The van der Waals surface area contributed by atoms with Gasteiger partial charge in [-0.3, -0.25) is 4.79 Å². The largest absolute Gasteiger partial charge is 0.490 e. The maximum Gasteiger partial charge on any atom is 0.307 e. The number of carboxylic acid groups (broad SMARTS) is 1. The van der Waals surface area contributed by atoms with Crippen molar-refractivity contribution < 1.29 is 19.0 Å². The molecular formula is C12H11ClFNO3. The van der Waals surface area contributed by atoms with Gasteiger partial charge in [0, 0.05) is 11.6 Å². The van der Waals surface area contributed by atoms with Gasteiger partial charge in [0.2, 0.25) is 0 Å². The molecule has 0 amide bonds. The average Bonchev–Trinajstić information content (AvgIpc) is 2.67. The van der Waals surface area contributed by atoms with Gasteiger partial charge < -0.3 is 14.8 Å². The molecule has 0 aliphatic carbocycles. The van der Waals surface area contributed by atoms with Crippen LogP contribution in [0, 0.1) is 5.82 Å². The lowest BCUT2D eigenvalue weighted by atomic mass is 10.1. The van der Waals surface area contributed by atoms with Crippen molar-refractivity contribution in [3.05, 3.63) is 28.7 Å². The minimum Gasteiger partial charge on any atom is -0.490 e. The standard InChI is InChI=1S/C12H11ClFNO3/c1-2-18-12-8(14)4-7(13)11-10(12)6(5-15-11)3-9(16)17/h4-5,15H,2-3H2,1H3,(H,16,17).